The van der Waals surface area contributed by atoms with Gasteiger partial charge in [-0.2, -0.15) is 0 Å². The topological polar surface area (TPSA) is 102 Å². The number of thioether (sulfide) groups is 1. The Morgan fingerprint density at radius 2 is 2.08 bits per heavy atom. The number of aromatic nitrogens is 4. The van der Waals surface area contributed by atoms with Gasteiger partial charge in [-0.05, 0) is 26.0 Å². The molecule has 0 radical (unpaired) electrons. The Morgan fingerprint density at radius 3 is 2.72 bits per heavy atom. The highest BCUT2D eigenvalue weighted by Crippen LogP contribution is 2.26. The first-order chi connectivity index (χ1) is 12.1. The molecule has 0 aliphatic heterocycles. The zero-order valence-electron chi connectivity index (χ0n) is 14.1. The number of imide groups is 1. The summed E-state index contributed by atoms with van der Waals surface area (Å²) in [5.74, 6) is 0.274. The number of hydrogen-bond acceptors (Lipinski definition) is 6. The fraction of sp³-hybridized carbons (Fsp3) is 0.312. The van der Waals surface area contributed by atoms with Crippen molar-refractivity contribution in [3.05, 3.63) is 37.2 Å². The predicted molar refractivity (Wildman–Crippen MR) is 96.0 cm³/mol. The SMILES string of the molecule is C=CCn1c(SC(C)C(=O)NC(=O)NCC)nnc1-c1ccncc1. The number of amides is 3. The summed E-state index contributed by atoms with van der Waals surface area (Å²) in [6, 6.07) is 3.16. The highest BCUT2D eigenvalue weighted by Gasteiger charge is 2.21. The molecule has 0 bridgehead atoms. The molecule has 0 aromatic carbocycles. The van der Waals surface area contributed by atoms with E-state index >= 15 is 0 Å². The molecule has 0 saturated carbocycles. The average molecular weight is 360 g/mol. The summed E-state index contributed by atoms with van der Waals surface area (Å²) in [6.07, 6.45) is 5.09. The van der Waals surface area contributed by atoms with Crippen LogP contribution in [0.2, 0.25) is 0 Å². The molecule has 2 heterocycles. The molecule has 8 nitrogen and oxygen atoms in total. The molecule has 2 aromatic rings. The van der Waals surface area contributed by atoms with Crippen molar-refractivity contribution in [1.29, 1.82) is 0 Å². The first-order valence-corrected chi connectivity index (χ1v) is 8.64. The number of carbonyl (C=O) groups excluding carboxylic acids is 2. The van der Waals surface area contributed by atoms with Crippen LogP contribution in [0.3, 0.4) is 0 Å². The maximum absolute atomic E-state index is 12.1. The van der Waals surface area contributed by atoms with E-state index in [1.807, 2.05) is 16.7 Å². The Hall–Kier alpha value is -2.68. The summed E-state index contributed by atoms with van der Waals surface area (Å²) in [4.78, 5) is 27.6. The number of hydrogen-bond donors (Lipinski definition) is 2. The van der Waals surface area contributed by atoms with Crippen molar-refractivity contribution in [2.45, 2.75) is 30.8 Å². The maximum Gasteiger partial charge on any atom is 0.321 e. The monoisotopic (exact) mass is 360 g/mol. The second-order valence-electron chi connectivity index (χ2n) is 5.05. The Kier molecular flexibility index (Phi) is 6.70. The summed E-state index contributed by atoms with van der Waals surface area (Å²) >= 11 is 1.23. The molecular weight excluding hydrogens is 340 g/mol. The number of carbonyl (C=O) groups is 2. The molecule has 0 aliphatic rings. The largest absolute Gasteiger partial charge is 0.338 e. The smallest absolute Gasteiger partial charge is 0.321 e. The number of urea groups is 1. The lowest BCUT2D eigenvalue weighted by atomic mass is 10.2. The maximum atomic E-state index is 12.1. The average Bonchev–Trinajstić information content (AvgIpc) is 2.98. The predicted octanol–water partition coefficient (Wildman–Crippen LogP) is 1.85. The number of rotatable bonds is 7. The Bertz CT molecular complexity index is 746. The third kappa shape index (κ3) is 4.90. The lowest BCUT2D eigenvalue weighted by molar-refractivity contribution is -0.119. The Morgan fingerprint density at radius 1 is 1.36 bits per heavy atom. The molecule has 2 aromatic heterocycles. The molecule has 0 fully saturated rings. The van der Waals surface area contributed by atoms with E-state index in [4.69, 9.17) is 0 Å². The van der Waals surface area contributed by atoms with E-state index < -0.39 is 17.2 Å². The van der Waals surface area contributed by atoms with Gasteiger partial charge in [0.25, 0.3) is 0 Å². The van der Waals surface area contributed by atoms with Crippen molar-refractivity contribution in [3.8, 4) is 11.4 Å². The van der Waals surface area contributed by atoms with Crippen LogP contribution in [0.25, 0.3) is 11.4 Å². The molecule has 0 spiro atoms. The number of allylic oxidation sites excluding steroid dienone is 1. The molecule has 1 unspecified atom stereocenters. The lowest BCUT2D eigenvalue weighted by Crippen LogP contribution is -2.42. The van der Waals surface area contributed by atoms with Crippen LogP contribution in [0, 0.1) is 0 Å². The Balaban J connectivity index is 2.16. The van der Waals surface area contributed by atoms with Crippen LogP contribution < -0.4 is 10.6 Å². The van der Waals surface area contributed by atoms with Gasteiger partial charge >= 0.3 is 6.03 Å². The van der Waals surface area contributed by atoms with Gasteiger partial charge in [0.2, 0.25) is 5.91 Å². The van der Waals surface area contributed by atoms with E-state index in [0.717, 1.165) is 5.56 Å². The number of nitrogens with zero attached hydrogens (tertiary/aromatic N) is 4. The molecule has 3 amide bonds. The third-order valence-electron chi connectivity index (χ3n) is 3.19. The molecule has 132 valence electrons. The molecule has 0 aliphatic carbocycles. The highest BCUT2D eigenvalue weighted by atomic mass is 32.2. The van der Waals surface area contributed by atoms with Crippen LogP contribution in [-0.4, -0.2) is 43.5 Å². The van der Waals surface area contributed by atoms with Crippen LogP contribution in [0.1, 0.15) is 13.8 Å². The first-order valence-electron chi connectivity index (χ1n) is 7.76. The van der Waals surface area contributed by atoms with Crippen molar-refractivity contribution in [3.63, 3.8) is 0 Å². The van der Waals surface area contributed by atoms with Gasteiger partial charge in [-0.15, -0.1) is 16.8 Å². The third-order valence-corrected chi connectivity index (χ3v) is 4.27. The highest BCUT2D eigenvalue weighted by molar-refractivity contribution is 8.00. The van der Waals surface area contributed by atoms with E-state index in [9.17, 15) is 9.59 Å². The van der Waals surface area contributed by atoms with Gasteiger partial charge in [0, 0.05) is 31.0 Å². The summed E-state index contributed by atoms with van der Waals surface area (Å²) in [6.45, 7) is 8.19. The summed E-state index contributed by atoms with van der Waals surface area (Å²) in [7, 11) is 0. The standard InChI is InChI=1S/C16H20N6O2S/c1-4-10-22-13(12-6-8-17-9-7-12)20-21-16(22)25-11(3)14(23)19-15(24)18-5-2/h4,6-9,11H,1,5,10H2,2-3H3,(H2,18,19,23,24). The fourth-order valence-corrected chi connectivity index (χ4v) is 2.87. The van der Waals surface area contributed by atoms with Crippen molar-refractivity contribution < 1.29 is 9.59 Å². The zero-order chi connectivity index (χ0) is 18.2. The number of nitrogens with one attached hydrogen (secondary N) is 2. The molecule has 25 heavy (non-hydrogen) atoms. The minimum atomic E-state index is -0.513. The van der Waals surface area contributed by atoms with E-state index in [2.05, 4.69) is 32.4 Å². The van der Waals surface area contributed by atoms with Gasteiger partial charge in [-0.3, -0.25) is 19.7 Å². The second-order valence-corrected chi connectivity index (χ2v) is 6.36. The van der Waals surface area contributed by atoms with Crippen LogP contribution in [0.4, 0.5) is 4.79 Å². The quantitative estimate of drug-likeness (QED) is 0.577. The molecule has 0 saturated heterocycles. The van der Waals surface area contributed by atoms with Gasteiger partial charge in [-0.1, -0.05) is 17.8 Å². The van der Waals surface area contributed by atoms with E-state index in [0.29, 0.717) is 24.1 Å². The Labute approximate surface area is 150 Å². The van der Waals surface area contributed by atoms with E-state index in [1.165, 1.54) is 11.8 Å². The van der Waals surface area contributed by atoms with Crippen molar-refractivity contribution in [2.75, 3.05) is 6.54 Å². The number of pyridine rings is 1. The van der Waals surface area contributed by atoms with Crippen molar-refractivity contribution in [1.82, 2.24) is 30.4 Å². The van der Waals surface area contributed by atoms with Crippen LogP contribution in [0.5, 0.6) is 0 Å². The summed E-state index contributed by atoms with van der Waals surface area (Å²) in [5, 5.41) is 13.3. The van der Waals surface area contributed by atoms with Crippen LogP contribution in [-0.2, 0) is 11.3 Å². The minimum absolute atomic E-state index is 0.394. The van der Waals surface area contributed by atoms with Crippen molar-refractivity contribution in [2.24, 2.45) is 0 Å². The van der Waals surface area contributed by atoms with Crippen molar-refractivity contribution >= 4 is 23.7 Å². The lowest BCUT2D eigenvalue weighted by Gasteiger charge is -2.12. The molecule has 2 rings (SSSR count). The second kappa shape index (κ2) is 8.97. The van der Waals surface area contributed by atoms with Gasteiger partial charge in [0.1, 0.15) is 0 Å². The molecular formula is C16H20N6O2S. The van der Waals surface area contributed by atoms with E-state index in [-0.39, 0.29) is 0 Å². The summed E-state index contributed by atoms with van der Waals surface area (Å²) < 4.78 is 1.86. The van der Waals surface area contributed by atoms with Crippen LogP contribution in [0.15, 0.2) is 42.3 Å². The van der Waals surface area contributed by atoms with Gasteiger partial charge in [0.15, 0.2) is 11.0 Å². The molecule has 2 N–H and O–H groups in total. The minimum Gasteiger partial charge on any atom is -0.338 e. The van der Waals surface area contributed by atoms with Gasteiger partial charge < -0.3 is 5.32 Å². The molecule has 1 atom stereocenters. The zero-order valence-corrected chi connectivity index (χ0v) is 14.9. The fourth-order valence-electron chi connectivity index (χ4n) is 2.01. The van der Waals surface area contributed by atoms with Crippen LogP contribution >= 0.6 is 11.8 Å². The van der Waals surface area contributed by atoms with E-state index in [1.54, 1.807) is 32.3 Å². The molecule has 9 heteroatoms. The first kappa shape index (κ1) is 18.7. The van der Waals surface area contributed by atoms with Gasteiger partial charge in [0.05, 0.1) is 5.25 Å². The normalized spacial score (nSPS) is 11.6. The summed E-state index contributed by atoms with van der Waals surface area (Å²) in [5.41, 5.74) is 0.871. The van der Waals surface area contributed by atoms with Gasteiger partial charge in [-0.25, -0.2) is 4.79 Å².